The van der Waals surface area contributed by atoms with Gasteiger partial charge in [-0.15, -0.1) is 22.1 Å². The van der Waals surface area contributed by atoms with Gasteiger partial charge in [0.1, 0.15) is 0 Å². The summed E-state index contributed by atoms with van der Waals surface area (Å²) in [5, 5.41) is 9.91. The third-order valence-corrected chi connectivity index (χ3v) is 5.09. The molecule has 4 nitrogen and oxygen atoms in total. The maximum Gasteiger partial charge on any atom is 0.186 e. The molecule has 7 heteroatoms. The van der Waals surface area contributed by atoms with Crippen LogP contribution in [0.3, 0.4) is 0 Å². The van der Waals surface area contributed by atoms with Crippen LogP contribution in [-0.2, 0) is 0 Å². The Kier molecular flexibility index (Phi) is 6.28. The molecular formula is C14H18Br2N4S. The van der Waals surface area contributed by atoms with E-state index in [4.69, 9.17) is 0 Å². The highest BCUT2D eigenvalue weighted by atomic mass is 79.9. The van der Waals surface area contributed by atoms with Gasteiger partial charge in [-0.1, -0.05) is 39.8 Å². The van der Waals surface area contributed by atoms with Crippen molar-refractivity contribution in [3.8, 4) is 0 Å². The Morgan fingerprint density at radius 3 is 2.29 bits per heavy atom. The van der Waals surface area contributed by atoms with Gasteiger partial charge in [0.05, 0.1) is 5.71 Å². The molecule has 0 atom stereocenters. The fourth-order valence-corrected chi connectivity index (χ4v) is 3.45. The van der Waals surface area contributed by atoms with Crippen molar-refractivity contribution in [3.05, 3.63) is 34.3 Å². The Balaban J connectivity index is 0.00000161. The zero-order chi connectivity index (χ0) is 13.9. The van der Waals surface area contributed by atoms with Gasteiger partial charge in [-0.2, -0.15) is 5.10 Å². The second-order valence-electron chi connectivity index (χ2n) is 5.02. The molecule has 2 heterocycles. The number of rotatable bonds is 1. The number of hydrogen-bond donors (Lipinski definition) is 0. The SMILES string of the molecule is Br.CN1CCN(C2=NN=C(c3ccc(Br)cc3)CS2)CC1. The summed E-state index contributed by atoms with van der Waals surface area (Å²) in [6, 6.07) is 8.25. The molecule has 0 aromatic heterocycles. The molecule has 21 heavy (non-hydrogen) atoms. The average Bonchev–Trinajstić information content (AvgIpc) is 2.49. The van der Waals surface area contributed by atoms with Crippen LogP contribution in [-0.4, -0.2) is 59.7 Å². The molecule has 1 fully saturated rings. The number of benzene rings is 1. The number of halogens is 2. The summed E-state index contributed by atoms with van der Waals surface area (Å²) in [4.78, 5) is 4.69. The fourth-order valence-electron chi connectivity index (χ4n) is 2.23. The number of nitrogens with zero attached hydrogens (tertiary/aromatic N) is 4. The number of likely N-dealkylation sites (N-methyl/N-ethyl adjacent to an activating group) is 1. The minimum absolute atomic E-state index is 0. The molecule has 0 bridgehead atoms. The van der Waals surface area contributed by atoms with Crippen molar-refractivity contribution < 1.29 is 0 Å². The predicted molar refractivity (Wildman–Crippen MR) is 100.0 cm³/mol. The van der Waals surface area contributed by atoms with Crippen molar-refractivity contribution in [1.82, 2.24) is 9.80 Å². The van der Waals surface area contributed by atoms with E-state index in [2.05, 4.69) is 55.1 Å². The van der Waals surface area contributed by atoms with E-state index < -0.39 is 0 Å². The Morgan fingerprint density at radius 1 is 1.05 bits per heavy atom. The lowest BCUT2D eigenvalue weighted by molar-refractivity contribution is 0.218. The van der Waals surface area contributed by atoms with E-state index in [1.54, 1.807) is 11.8 Å². The van der Waals surface area contributed by atoms with Crippen LogP contribution in [0.25, 0.3) is 0 Å². The molecule has 0 aliphatic carbocycles. The number of piperazine rings is 1. The number of hydrogen-bond acceptors (Lipinski definition) is 5. The molecule has 0 unspecified atom stereocenters. The maximum atomic E-state index is 4.42. The van der Waals surface area contributed by atoms with Crippen molar-refractivity contribution in [3.63, 3.8) is 0 Å². The van der Waals surface area contributed by atoms with Gasteiger partial charge >= 0.3 is 0 Å². The molecule has 114 valence electrons. The second kappa shape index (κ2) is 7.76. The highest BCUT2D eigenvalue weighted by Crippen LogP contribution is 2.20. The largest absolute Gasteiger partial charge is 0.347 e. The van der Waals surface area contributed by atoms with Gasteiger partial charge in [-0.25, -0.2) is 0 Å². The molecule has 0 spiro atoms. The Hall–Kier alpha value is -0.370. The van der Waals surface area contributed by atoms with Gasteiger partial charge in [0.2, 0.25) is 0 Å². The first-order valence-corrected chi connectivity index (χ1v) is 8.47. The molecule has 3 rings (SSSR count). The Labute approximate surface area is 148 Å². The summed E-state index contributed by atoms with van der Waals surface area (Å²) in [5.74, 6) is 0.896. The highest BCUT2D eigenvalue weighted by molar-refractivity contribution is 9.10. The van der Waals surface area contributed by atoms with Crippen LogP contribution in [0, 0.1) is 0 Å². The minimum atomic E-state index is 0. The van der Waals surface area contributed by atoms with E-state index in [1.165, 1.54) is 0 Å². The first kappa shape index (κ1) is 17.0. The monoisotopic (exact) mass is 432 g/mol. The third-order valence-electron chi connectivity index (χ3n) is 3.55. The van der Waals surface area contributed by atoms with E-state index in [-0.39, 0.29) is 17.0 Å². The molecule has 0 radical (unpaired) electrons. The normalized spacial score (nSPS) is 19.6. The average molecular weight is 434 g/mol. The van der Waals surface area contributed by atoms with Gasteiger partial charge in [-0.05, 0) is 24.7 Å². The molecule has 1 saturated heterocycles. The van der Waals surface area contributed by atoms with Crippen LogP contribution in [0.1, 0.15) is 5.56 Å². The van der Waals surface area contributed by atoms with Crippen molar-refractivity contribution >= 4 is 55.6 Å². The quantitative estimate of drug-likeness (QED) is 0.681. The summed E-state index contributed by atoms with van der Waals surface area (Å²) in [7, 11) is 2.16. The summed E-state index contributed by atoms with van der Waals surface area (Å²) < 4.78 is 1.09. The molecule has 1 aromatic carbocycles. The zero-order valence-corrected chi connectivity index (χ0v) is 15.9. The van der Waals surface area contributed by atoms with Crippen molar-refractivity contribution in [2.24, 2.45) is 10.2 Å². The summed E-state index contributed by atoms with van der Waals surface area (Å²) >= 11 is 5.25. The van der Waals surface area contributed by atoms with Gasteiger partial charge in [0.25, 0.3) is 0 Å². The number of amidine groups is 1. The van der Waals surface area contributed by atoms with Crippen LogP contribution in [0.15, 0.2) is 38.9 Å². The van der Waals surface area contributed by atoms with Crippen LogP contribution in [0.4, 0.5) is 0 Å². The molecule has 1 aromatic rings. The lowest BCUT2D eigenvalue weighted by atomic mass is 10.1. The highest BCUT2D eigenvalue weighted by Gasteiger charge is 2.21. The van der Waals surface area contributed by atoms with E-state index in [0.717, 1.165) is 52.8 Å². The van der Waals surface area contributed by atoms with E-state index >= 15 is 0 Å². The van der Waals surface area contributed by atoms with Crippen molar-refractivity contribution in [1.29, 1.82) is 0 Å². The molecule has 0 saturated carbocycles. The van der Waals surface area contributed by atoms with Crippen molar-refractivity contribution in [2.75, 3.05) is 39.0 Å². The Morgan fingerprint density at radius 2 is 1.71 bits per heavy atom. The van der Waals surface area contributed by atoms with Crippen LogP contribution < -0.4 is 0 Å². The van der Waals surface area contributed by atoms with E-state index in [9.17, 15) is 0 Å². The topological polar surface area (TPSA) is 31.2 Å². The predicted octanol–water partition coefficient (Wildman–Crippen LogP) is 3.08. The standard InChI is InChI=1S/C14H17BrN4S.BrH/c1-18-6-8-19(9-7-18)14-17-16-13(10-20-14)11-2-4-12(15)5-3-11;/h2-5H,6-10H2,1H3;1H. The molecular weight excluding hydrogens is 416 g/mol. The van der Waals surface area contributed by atoms with Gasteiger partial charge in [0, 0.05) is 36.4 Å². The maximum absolute atomic E-state index is 4.42. The van der Waals surface area contributed by atoms with Crippen LogP contribution in [0.5, 0.6) is 0 Å². The van der Waals surface area contributed by atoms with Crippen LogP contribution >= 0.6 is 44.7 Å². The lowest BCUT2D eigenvalue weighted by Crippen LogP contribution is -2.46. The van der Waals surface area contributed by atoms with Crippen molar-refractivity contribution in [2.45, 2.75) is 0 Å². The molecule has 2 aliphatic rings. The lowest BCUT2D eigenvalue weighted by Gasteiger charge is -2.34. The second-order valence-corrected chi connectivity index (χ2v) is 6.87. The van der Waals surface area contributed by atoms with Gasteiger partial charge in [-0.3, -0.25) is 0 Å². The Bertz CT molecular complexity index is 536. The first-order chi connectivity index (χ1) is 9.72. The minimum Gasteiger partial charge on any atom is -0.347 e. The van der Waals surface area contributed by atoms with E-state index in [0.29, 0.717) is 0 Å². The molecule has 0 N–H and O–H groups in total. The molecule has 2 aliphatic heterocycles. The number of thioether (sulfide) groups is 1. The summed E-state index contributed by atoms with van der Waals surface area (Å²) in [6.07, 6.45) is 0. The third kappa shape index (κ3) is 4.31. The van der Waals surface area contributed by atoms with E-state index in [1.807, 2.05) is 12.1 Å². The van der Waals surface area contributed by atoms with Gasteiger partial charge in [0.15, 0.2) is 5.17 Å². The summed E-state index contributed by atoms with van der Waals surface area (Å²) in [6.45, 7) is 4.29. The van der Waals surface area contributed by atoms with Gasteiger partial charge < -0.3 is 9.80 Å². The smallest absolute Gasteiger partial charge is 0.186 e. The fraction of sp³-hybridized carbons (Fsp3) is 0.429. The molecule has 0 amide bonds. The first-order valence-electron chi connectivity index (χ1n) is 6.69. The zero-order valence-electron chi connectivity index (χ0n) is 11.8. The summed E-state index contributed by atoms with van der Waals surface area (Å²) in [5.41, 5.74) is 2.21. The van der Waals surface area contributed by atoms with Crippen LogP contribution in [0.2, 0.25) is 0 Å².